The van der Waals surface area contributed by atoms with Crippen molar-refractivity contribution in [3.8, 4) is 0 Å². The standard InChI is InChI=1S/C14H30N2/c1-5-8-12(4)16-11-13(7-3)15-10-14(16)9-6-2/h12-15H,5-11H2,1-4H3. The molecule has 0 spiro atoms. The molecule has 3 unspecified atom stereocenters. The second-order valence-corrected chi connectivity index (χ2v) is 5.29. The van der Waals surface area contributed by atoms with Crippen LogP contribution in [0.25, 0.3) is 0 Å². The quantitative estimate of drug-likeness (QED) is 0.749. The van der Waals surface area contributed by atoms with E-state index in [1.54, 1.807) is 0 Å². The minimum Gasteiger partial charge on any atom is -0.311 e. The predicted molar refractivity (Wildman–Crippen MR) is 71.9 cm³/mol. The van der Waals surface area contributed by atoms with E-state index in [0.29, 0.717) is 6.04 Å². The highest BCUT2D eigenvalue weighted by atomic mass is 15.2. The fraction of sp³-hybridized carbons (Fsp3) is 1.00. The average molecular weight is 226 g/mol. The molecule has 1 fully saturated rings. The SMILES string of the molecule is CCCC(C)N1CC(CC)NCC1CCC. The molecule has 0 aliphatic carbocycles. The molecular weight excluding hydrogens is 196 g/mol. The molecule has 0 amide bonds. The van der Waals surface area contributed by atoms with Crippen molar-refractivity contribution in [3.05, 3.63) is 0 Å². The van der Waals surface area contributed by atoms with E-state index in [0.717, 1.165) is 12.1 Å². The summed E-state index contributed by atoms with van der Waals surface area (Å²) in [5.74, 6) is 0. The smallest absolute Gasteiger partial charge is 0.0224 e. The van der Waals surface area contributed by atoms with Crippen LogP contribution in [0.4, 0.5) is 0 Å². The summed E-state index contributed by atoms with van der Waals surface area (Å²) in [6, 6.07) is 2.25. The number of piperazine rings is 1. The van der Waals surface area contributed by atoms with Gasteiger partial charge < -0.3 is 5.32 Å². The predicted octanol–water partition coefficient (Wildman–Crippen LogP) is 3.03. The maximum Gasteiger partial charge on any atom is 0.0224 e. The van der Waals surface area contributed by atoms with Crippen LogP contribution in [0, 0.1) is 0 Å². The Morgan fingerprint density at radius 1 is 1.25 bits per heavy atom. The number of nitrogens with one attached hydrogen (secondary N) is 1. The van der Waals surface area contributed by atoms with Gasteiger partial charge >= 0.3 is 0 Å². The third-order valence-corrected chi connectivity index (χ3v) is 3.93. The zero-order chi connectivity index (χ0) is 12.0. The van der Waals surface area contributed by atoms with Crippen LogP contribution in [-0.4, -0.2) is 36.1 Å². The average Bonchev–Trinajstić information content (AvgIpc) is 2.30. The van der Waals surface area contributed by atoms with Crippen molar-refractivity contribution in [1.29, 1.82) is 0 Å². The maximum absolute atomic E-state index is 3.69. The fourth-order valence-corrected chi connectivity index (χ4v) is 2.89. The van der Waals surface area contributed by atoms with E-state index in [4.69, 9.17) is 0 Å². The Morgan fingerprint density at radius 3 is 2.56 bits per heavy atom. The van der Waals surface area contributed by atoms with E-state index >= 15 is 0 Å². The van der Waals surface area contributed by atoms with Gasteiger partial charge in [0.25, 0.3) is 0 Å². The molecule has 1 aliphatic rings. The molecule has 2 heteroatoms. The van der Waals surface area contributed by atoms with Gasteiger partial charge in [-0.2, -0.15) is 0 Å². The van der Waals surface area contributed by atoms with Gasteiger partial charge in [0.05, 0.1) is 0 Å². The summed E-state index contributed by atoms with van der Waals surface area (Å²) in [5.41, 5.74) is 0. The van der Waals surface area contributed by atoms with Gasteiger partial charge in [0, 0.05) is 31.2 Å². The van der Waals surface area contributed by atoms with Gasteiger partial charge in [-0.15, -0.1) is 0 Å². The monoisotopic (exact) mass is 226 g/mol. The van der Waals surface area contributed by atoms with Gasteiger partial charge in [-0.25, -0.2) is 0 Å². The van der Waals surface area contributed by atoms with Crippen molar-refractivity contribution >= 4 is 0 Å². The van der Waals surface area contributed by atoms with Crippen molar-refractivity contribution in [3.63, 3.8) is 0 Å². The Bertz CT molecular complexity index is 182. The molecule has 16 heavy (non-hydrogen) atoms. The van der Waals surface area contributed by atoms with Crippen LogP contribution in [0.1, 0.15) is 59.8 Å². The summed E-state index contributed by atoms with van der Waals surface area (Å²) in [4.78, 5) is 2.76. The molecule has 0 radical (unpaired) electrons. The molecule has 1 rings (SSSR count). The van der Waals surface area contributed by atoms with Crippen molar-refractivity contribution in [1.82, 2.24) is 10.2 Å². The first-order valence-electron chi connectivity index (χ1n) is 7.21. The second-order valence-electron chi connectivity index (χ2n) is 5.29. The van der Waals surface area contributed by atoms with E-state index in [-0.39, 0.29) is 0 Å². The van der Waals surface area contributed by atoms with Crippen LogP contribution < -0.4 is 5.32 Å². The topological polar surface area (TPSA) is 15.3 Å². The lowest BCUT2D eigenvalue weighted by atomic mass is 9.99. The molecule has 0 bridgehead atoms. The zero-order valence-corrected chi connectivity index (χ0v) is 11.6. The summed E-state index contributed by atoms with van der Waals surface area (Å²) >= 11 is 0. The van der Waals surface area contributed by atoms with Crippen molar-refractivity contribution in [2.45, 2.75) is 77.9 Å². The minimum absolute atomic E-state index is 0.715. The number of nitrogens with zero attached hydrogens (tertiary/aromatic N) is 1. The number of rotatable bonds is 6. The molecule has 3 atom stereocenters. The first kappa shape index (κ1) is 14.0. The summed E-state index contributed by atoms with van der Waals surface area (Å²) in [5, 5.41) is 3.69. The van der Waals surface area contributed by atoms with E-state index in [1.165, 1.54) is 45.2 Å². The first-order chi connectivity index (χ1) is 7.72. The third-order valence-electron chi connectivity index (χ3n) is 3.93. The summed E-state index contributed by atoms with van der Waals surface area (Å²) in [6.07, 6.45) is 6.56. The van der Waals surface area contributed by atoms with Gasteiger partial charge in [0.15, 0.2) is 0 Å². The highest BCUT2D eigenvalue weighted by Gasteiger charge is 2.29. The molecule has 1 N–H and O–H groups in total. The molecule has 1 heterocycles. The van der Waals surface area contributed by atoms with Gasteiger partial charge in [-0.05, 0) is 26.2 Å². The van der Waals surface area contributed by atoms with E-state index < -0.39 is 0 Å². The highest BCUT2D eigenvalue weighted by molar-refractivity contribution is 4.87. The molecule has 1 aliphatic heterocycles. The van der Waals surface area contributed by atoms with Crippen LogP contribution in [0.15, 0.2) is 0 Å². The molecule has 0 aromatic rings. The Labute approximate surface area is 102 Å². The molecule has 0 aromatic carbocycles. The van der Waals surface area contributed by atoms with Gasteiger partial charge in [-0.1, -0.05) is 33.6 Å². The van der Waals surface area contributed by atoms with Crippen molar-refractivity contribution in [2.75, 3.05) is 13.1 Å². The Kier molecular flexibility index (Phi) is 6.37. The van der Waals surface area contributed by atoms with Crippen LogP contribution in [-0.2, 0) is 0 Å². The summed E-state index contributed by atoms with van der Waals surface area (Å²) < 4.78 is 0. The molecule has 2 nitrogen and oxygen atoms in total. The van der Waals surface area contributed by atoms with E-state index in [9.17, 15) is 0 Å². The summed E-state index contributed by atoms with van der Waals surface area (Å²) in [7, 11) is 0. The van der Waals surface area contributed by atoms with Gasteiger partial charge in [-0.3, -0.25) is 4.90 Å². The zero-order valence-electron chi connectivity index (χ0n) is 11.6. The minimum atomic E-state index is 0.715. The Hall–Kier alpha value is -0.0800. The van der Waals surface area contributed by atoms with Crippen LogP contribution in [0.5, 0.6) is 0 Å². The van der Waals surface area contributed by atoms with Crippen LogP contribution in [0.3, 0.4) is 0 Å². The number of hydrogen-bond acceptors (Lipinski definition) is 2. The highest BCUT2D eigenvalue weighted by Crippen LogP contribution is 2.19. The maximum atomic E-state index is 3.69. The van der Waals surface area contributed by atoms with Crippen molar-refractivity contribution < 1.29 is 0 Å². The first-order valence-corrected chi connectivity index (χ1v) is 7.21. The molecule has 0 saturated carbocycles. The molecular formula is C14H30N2. The number of hydrogen-bond donors (Lipinski definition) is 1. The van der Waals surface area contributed by atoms with Gasteiger partial charge in [0.1, 0.15) is 0 Å². The largest absolute Gasteiger partial charge is 0.311 e. The second kappa shape index (κ2) is 7.29. The third kappa shape index (κ3) is 3.74. The Morgan fingerprint density at radius 2 is 2.00 bits per heavy atom. The molecule has 96 valence electrons. The van der Waals surface area contributed by atoms with Gasteiger partial charge in [0.2, 0.25) is 0 Å². The lowest BCUT2D eigenvalue weighted by Gasteiger charge is -2.43. The molecule has 1 saturated heterocycles. The van der Waals surface area contributed by atoms with E-state index in [2.05, 4.69) is 37.9 Å². The normalized spacial score (nSPS) is 29.2. The van der Waals surface area contributed by atoms with E-state index in [1.807, 2.05) is 0 Å². The lowest BCUT2D eigenvalue weighted by molar-refractivity contribution is 0.0776. The van der Waals surface area contributed by atoms with Crippen LogP contribution >= 0.6 is 0 Å². The molecule has 0 aromatic heterocycles. The fourth-order valence-electron chi connectivity index (χ4n) is 2.89. The van der Waals surface area contributed by atoms with Crippen molar-refractivity contribution in [2.24, 2.45) is 0 Å². The summed E-state index contributed by atoms with van der Waals surface area (Å²) in [6.45, 7) is 11.7. The lowest BCUT2D eigenvalue weighted by Crippen LogP contribution is -2.58. The van der Waals surface area contributed by atoms with Crippen LogP contribution in [0.2, 0.25) is 0 Å². The Balaban J connectivity index is 2.55.